The summed E-state index contributed by atoms with van der Waals surface area (Å²) in [6, 6.07) is 12.1. The maximum Gasteiger partial charge on any atom is 0.240 e. The van der Waals surface area contributed by atoms with Gasteiger partial charge in [0.25, 0.3) is 0 Å². The number of aryl methyl sites for hydroxylation is 2. The average Bonchev–Trinajstić information content (AvgIpc) is 2.57. The molecule has 27 heavy (non-hydrogen) atoms. The van der Waals surface area contributed by atoms with Gasteiger partial charge in [-0.3, -0.25) is 4.79 Å². The summed E-state index contributed by atoms with van der Waals surface area (Å²) in [7, 11) is -3.54. The Labute approximate surface area is 166 Å². The van der Waals surface area contributed by atoms with Gasteiger partial charge in [-0.15, -0.1) is 11.8 Å². The van der Waals surface area contributed by atoms with E-state index in [0.29, 0.717) is 5.69 Å². The normalized spacial score (nSPS) is 12.8. The third kappa shape index (κ3) is 6.09. The van der Waals surface area contributed by atoms with Crippen molar-refractivity contribution in [3.63, 3.8) is 0 Å². The third-order valence-electron chi connectivity index (χ3n) is 3.98. The smallest absolute Gasteiger partial charge is 0.240 e. The van der Waals surface area contributed by atoms with E-state index in [1.165, 1.54) is 35.0 Å². The minimum absolute atomic E-state index is 0.130. The first-order valence-electron chi connectivity index (χ1n) is 8.75. The molecular formula is C20H26N2O3S2. The average molecular weight is 407 g/mol. The molecule has 1 amide bonds. The summed E-state index contributed by atoms with van der Waals surface area (Å²) in [5, 5.41) is 2.55. The Balaban J connectivity index is 2.01. The molecule has 1 atom stereocenters. The van der Waals surface area contributed by atoms with E-state index in [-0.39, 0.29) is 22.1 Å². The second-order valence-electron chi connectivity index (χ2n) is 6.80. The second-order valence-corrected chi connectivity index (χ2v) is 9.92. The number of carbonyl (C=O) groups excluding carboxylic acids is 1. The van der Waals surface area contributed by atoms with Crippen molar-refractivity contribution in [2.45, 2.75) is 55.7 Å². The van der Waals surface area contributed by atoms with Gasteiger partial charge in [0.2, 0.25) is 15.9 Å². The summed E-state index contributed by atoms with van der Waals surface area (Å²) in [6.45, 7) is 9.48. The summed E-state index contributed by atoms with van der Waals surface area (Å²) in [5.74, 6) is -0.130. The molecule has 0 unspecified atom stereocenters. The van der Waals surface area contributed by atoms with Crippen LogP contribution in [0.15, 0.2) is 52.3 Å². The Morgan fingerprint density at radius 2 is 1.59 bits per heavy atom. The molecule has 0 fully saturated rings. The molecule has 0 aliphatic carbocycles. The molecule has 0 saturated carbocycles. The third-order valence-corrected chi connectivity index (χ3v) is 6.75. The van der Waals surface area contributed by atoms with Crippen molar-refractivity contribution in [3.8, 4) is 0 Å². The molecule has 146 valence electrons. The van der Waals surface area contributed by atoms with Crippen LogP contribution in [0.25, 0.3) is 0 Å². The zero-order chi connectivity index (χ0) is 20.2. The SMILES string of the molecule is Cc1ccc(S[C@@H](C)C(=O)Nc2ccc(S(=O)(=O)NC(C)C)cc2)cc1C. The Bertz CT molecular complexity index is 907. The molecule has 0 saturated heterocycles. The molecule has 2 aromatic carbocycles. The predicted octanol–water partition coefficient (Wildman–Crippen LogP) is 4.11. The Morgan fingerprint density at radius 3 is 2.15 bits per heavy atom. The van der Waals surface area contributed by atoms with Crippen molar-refractivity contribution in [3.05, 3.63) is 53.6 Å². The highest BCUT2D eigenvalue weighted by Gasteiger charge is 2.17. The minimum atomic E-state index is -3.54. The first-order valence-corrected chi connectivity index (χ1v) is 11.1. The van der Waals surface area contributed by atoms with Crippen molar-refractivity contribution in [2.75, 3.05) is 5.32 Å². The Morgan fingerprint density at radius 1 is 0.963 bits per heavy atom. The monoisotopic (exact) mass is 406 g/mol. The zero-order valence-electron chi connectivity index (χ0n) is 16.2. The lowest BCUT2D eigenvalue weighted by Gasteiger charge is -2.14. The van der Waals surface area contributed by atoms with Gasteiger partial charge >= 0.3 is 0 Å². The summed E-state index contributed by atoms with van der Waals surface area (Å²) in [6.07, 6.45) is 0. The molecule has 7 heteroatoms. The van der Waals surface area contributed by atoms with Crippen molar-refractivity contribution in [2.24, 2.45) is 0 Å². The fourth-order valence-electron chi connectivity index (χ4n) is 2.38. The number of sulfonamides is 1. The van der Waals surface area contributed by atoms with Crippen molar-refractivity contribution >= 4 is 33.4 Å². The number of hydrogen-bond donors (Lipinski definition) is 2. The van der Waals surface area contributed by atoms with E-state index in [1.807, 2.05) is 26.0 Å². The van der Waals surface area contributed by atoms with E-state index >= 15 is 0 Å². The molecule has 0 heterocycles. The molecule has 5 nitrogen and oxygen atoms in total. The molecule has 2 aromatic rings. The van der Waals surface area contributed by atoms with Crippen LogP contribution < -0.4 is 10.0 Å². The summed E-state index contributed by atoms with van der Waals surface area (Å²) in [5.41, 5.74) is 2.98. The van der Waals surface area contributed by atoms with E-state index < -0.39 is 10.0 Å². The van der Waals surface area contributed by atoms with E-state index in [1.54, 1.807) is 26.0 Å². The van der Waals surface area contributed by atoms with Gasteiger partial charge in [0.15, 0.2) is 0 Å². The number of rotatable bonds is 7. The van der Waals surface area contributed by atoms with Gasteiger partial charge in [0.05, 0.1) is 10.1 Å². The van der Waals surface area contributed by atoms with Crippen LogP contribution in [0.2, 0.25) is 0 Å². The summed E-state index contributed by atoms with van der Waals surface area (Å²) in [4.78, 5) is 13.6. The van der Waals surface area contributed by atoms with E-state index in [9.17, 15) is 13.2 Å². The number of carbonyl (C=O) groups is 1. The predicted molar refractivity (Wildman–Crippen MR) is 112 cm³/mol. The van der Waals surface area contributed by atoms with Gasteiger partial charge in [0.1, 0.15) is 0 Å². The van der Waals surface area contributed by atoms with Gasteiger partial charge < -0.3 is 5.32 Å². The molecule has 0 bridgehead atoms. The Kier molecular flexibility index (Phi) is 7.08. The first kappa shape index (κ1) is 21.5. The fourth-order valence-corrected chi connectivity index (χ4v) is 4.60. The Hall–Kier alpha value is -1.83. The van der Waals surface area contributed by atoms with E-state index in [2.05, 4.69) is 23.0 Å². The van der Waals surface area contributed by atoms with Gasteiger partial charge in [0, 0.05) is 16.6 Å². The largest absolute Gasteiger partial charge is 0.325 e. The fraction of sp³-hybridized carbons (Fsp3) is 0.350. The van der Waals surface area contributed by atoms with Crippen LogP contribution >= 0.6 is 11.8 Å². The quantitative estimate of drug-likeness (QED) is 0.679. The lowest BCUT2D eigenvalue weighted by Crippen LogP contribution is -2.30. The van der Waals surface area contributed by atoms with Crippen molar-refractivity contribution in [1.29, 1.82) is 0 Å². The van der Waals surface area contributed by atoms with Crippen LogP contribution in [0.4, 0.5) is 5.69 Å². The topological polar surface area (TPSA) is 75.3 Å². The molecule has 0 radical (unpaired) electrons. The number of hydrogen-bond acceptors (Lipinski definition) is 4. The summed E-state index contributed by atoms with van der Waals surface area (Å²) >= 11 is 1.49. The number of nitrogens with one attached hydrogen (secondary N) is 2. The minimum Gasteiger partial charge on any atom is -0.325 e. The molecule has 0 spiro atoms. The first-order chi connectivity index (χ1) is 12.6. The van der Waals surface area contributed by atoms with E-state index in [4.69, 9.17) is 0 Å². The highest BCUT2D eigenvalue weighted by molar-refractivity contribution is 8.00. The molecule has 2 rings (SSSR count). The van der Waals surface area contributed by atoms with Gasteiger partial charge in [-0.1, -0.05) is 6.07 Å². The van der Waals surface area contributed by atoms with Gasteiger partial charge in [-0.05, 0) is 82.1 Å². The number of thioether (sulfide) groups is 1. The number of benzene rings is 2. The zero-order valence-corrected chi connectivity index (χ0v) is 17.9. The number of amides is 1. The molecule has 2 N–H and O–H groups in total. The van der Waals surface area contributed by atoms with Crippen LogP contribution in [0.1, 0.15) is 31.9 Å². The van der Waals surface area contributed by atoms with E-state index in [0.717, 1.165) is 4.90 Å². The maximum absolute atomic E-state index is 12.4. The van der Waals surface area contributed by atoms with Crippen molar-refractivity contribution < 1.29 is 13.2 Å². The van der Waals surface area contributed by atoms with Gasteiger partial charge in [-0.25, -0.2) is 13.1 Å². The van der Waals surface area contributed by atoms with Crippen LogP contribution in [-0.2, 0) is 14.8 Å². The molecule has 0 aliphatic heterocycles. The van der Waals surface area contributed by atoms with Crippen LogP contribution in [0, 0.1) is 13.8 Å². The molecule has 0 aliphatic rings. The highest BCUT2D eigenvalue weighted by atomic mass is 32.2. The number of anilines is 1. The van der Waals surface area contributed by atoms with Crippen LogP contribution in [-0.4, -0.2) is 25.6 Å². The van der Waals surface area contributed by atoms with Crippen molar-refractivity contribution in [1.82, 2.24) is 4.72 Å². The lowest BCUT2D eigenvalue weighted by atomic mass is 10.1. The summed E-state index contributed by atoms with van der Waals surface area (Å²) < 4.78 is 26.8. The molecule has 0 aromatic heterocycles. The van der Waals surface area contributed by atoms with Gasteiger partial charge in [-0.2, -0.15) is 0 Å². The second kappa shape index (κ2) is 8.91. The maximum atomic E-state index is 12.4. The van der Waals surface area contributed by atoms with Crippen LogP contribution in [0.3, 0.4) is 0 Å². The lowest BCUT2D eigenvalue weighted by molar-refractivity contribution is -0.115. The highest BCUT2D eigenvalue weighted by Crippen LogP contribution is 2.26. The molecular weight excluding hydrogens is 380 g/mol. The van der Waals surface area contributed by atoms with Crippen LogP contribution in [0.5, 0.6) is 0 Å². The standard InChI is InChI=1S/C20H26N2O3S2/c1-13(2)22-27(24,25)19-10-7-17(8-11-19)21-20(23)16(5)26-18-9-6-14(3)15(4)12-18/h6-13,16,22H,1-5H3,(H,21,23)/t16-/m0/s1.